The summed E-state index contributed by atoms with van der Waals surface area (Å²) in [5, 5.41) is 3.03. The fourth-order valence-electron chi connectivity index (χ4n) is 6.68. The number of halogens is 1. The molecule has 2 heterocycles. The van der Waals surface area contributed by atoms with Gasteiger partial charge in [-0.15, -0.1) is 0 Å². The first-order chi connectivity index (χ1) is 14.2. The third kappa shape index (κ3) is 2.72. The van der Waals surface area contributed by atoms with Gasteiger partial charge in [0.25, 0.3) is 5.91 Å². The number of fused-ring (bicyclic) bond motifs is 4. The zero-order chi connectivity index (χ0) is 19.5. The van der Waals surface area contributed by atoms with E-state index in [1.165, 1.54) is 74.5 Å². The van der Waals surface area contributed by atoms with Crippen LogP contribution in [-0.4, -0.2) is 19.0 Å². The van der Waals surface area contributed by atoms with Gasteiger partial charge in [0.05, 0.1) is 5.56 Å². The molecule has 2 aromatic rings. The molecule has 0 unspecified atom stereocenters. The largest absolute Gasteiger partial charge is 0.370 e. The standard InChI is InChI=1S/C25H27FN2O/c26-23-10-2-1-7-20(23)25(29)27-17-11-21-18-8-3-5-15(18)13-28-14-16-6-4-9-19(16)22(12-17)24(21)28/h1-2,7,10-12,15-16,18-19H,3-6,8-9,13-14H2,(H,27,29)/t15-,16+,18-,19-/m1/s1. The number of carbonyl (C=O) groups is 1. The molecular formula is C25H27FN2O. The van der Waals surface area contributed by atoms with Gasteiger partial charge in [0.2, 0.25) is 0 Å². The van der Waals surface area contributed by atoms with E-state index in [2.05, 4.69) is 22.3 Å². The molecule has 0 bridgehead atoms. The average Bonchev–Trinajstić information content (AvgIpc) is 3.37. The Morgan fingerprint density at radius 2 is 1.55 bits per heavy atom. The van der Waals surface area contributed by atoms with Gasteiger partial charge in [-0.05, 0) is 84.7 Å². The third-order valence-corrected chi connectivity index (χ3v) is 7.89. The Bertz CT molecular complexity index is 942. The molecule has 4 heteroatoms. The second kappa shape index (κ2) is 6.58. The normalized spacial score (nSPS) is 29.2. The minimum absolute atomic E-state index is 0.109. The van der Waals surface area contributed by atoms with Crippen molar-refractivity contribution < 1.29 is 9.18 Å². The summed E-state index contributed by atoms with van der Waals surface area (Å²) < 4.78 is 14.1. The fourth-order valence-corrected chi connectivity index (χ4v) is 6.68. The number of nitrogens with one attached hydrogen (secondary N) is 1. The van der Waals surface area contributed by atoms with Gasteiger partial charge in [-0.1, -0.05) is 25.0 Å². The number of hydrogen-bond donors (Lipinski definition) is 1. The predicted molar refractivity (Wildman–Crippen MR) is 113 cm³/mol. The molecule has 0 spiro atoms. The SMILES string of the molecule is O=C(Nc1cc2c3c(c1)[C@@H]1CCC[C@H]1CN3C[C@H]1CCC[C@@H]21)c1ccccc1F. The Morgan fingerprint density at radius 3 is 2.17 bits per heavy atom. The van der Waals surface area contributed by atoms with Crippen LogP contribution in [0.15, 0.2) is 36.4 Å². The van der Waals surface area contributed by atoms with Gasteiger partial charge in [0, 0.05) is 24.5 Å². The van der Waals surface area contributed by atoms with Crippen molar-refractivity contribution >= 4 is 17.3 Å². The first-order valence-corrected chi connectivity index (χ1v) is 11.2. The zero-order valence-electron chi connectivity index (χ0n) is 16.7. The van der Waals surface area contributed by atoms with Crippen LogP contribution < -0.4 is 10.2 Å². The second-order valence-electron chi connectivity index (χ2n) is 9.44. The van der Waals surface area contributed by atoms with Gasteiger partial charge >= 0.3 is 0 Å². The van der Waals surface area contributed by atoms with E-state index >= 15 is 0 Å². The van der Waals surface area contributed by atoms with Gasteiger partial charge in [-0.3, -0.25) is 4.79 Å². The molecule has 150 valence electrons. The molecule has 0 aromatic heterocycles. The molecule has 1 amide bonds. The molecule has 0 radical (unpaired) electrons. The molecule has 0 saturated heterocycles. The highest BCUT2D eigenvalue weighted by atomic mass is 19.1. The molecular weight excluding hydrogens is 363 g/mol. The smallest absolute Gasteiger partial charge is 0.258 e. The summed E-state index contributed by atoms with van der Waals surface area (Å²) in [5.41, 5.74) is 5.29. The van der Waals surface area contributed by atoms with Crippen LogP contribution in [0.4, 0.5) is 15.8 Å². The van der Waals surface area contributed by atoms with E-state index in [0.717, 1.165) is 17.5 Å². The van der Waals surface area contributed by atoms with Crippen molar-refractivity contribution in [2.45, 2.75) is 50.4 Å². The second-order valence-corrected chi connectivity index (χ2v) is 9.44. The molecule has 2 aliphatic carbocycles. The van der Waals surface area contributed by atoms with Crippen molar-refractivity contribution in [2.75, 3.05) is 23.3 Å². The number of carbonyl (C=O) groups excluding carboxylic acids is 1. The lowest BCUT2D eigenvalue weighted by atomic mass is 9.75. The van der Waals surface area contributed by atoms with Gasteiger partial charge in [-0.25, -0.2) is 4.39 Å². The lowest BCUT2D eigenvalue weighted by Crippen LogP contribution is -2.43. The van der Waals surface area contributed by atoms with Crippen LogP contribution in [0.3, 0.4) is 0 Å². The van der Waals surface area contributed by atoms with Gasteiger partial charge in [0.15, 0.2) is 0 Å². The van der Waals surface area contributed by atoms with Crippen LogP contribution >= 0.6 is 0 Å². The molecule has 4 aliphatic rings. The van der Waals surface area contributed by atoms with E-state index in [1.807, 2.05) is 0 Å². The Hall–Kier alpha value is -2.36. The maximum absolute atomic E-state index is 14.1. The monoisotopic (exact) mass is 390 g/mol. The highest BCUT2D eigenvalue weighted by Crippen LogP contribution is 2.56. The Kier molecular flexibility index (Phi) is 3.97. The minimum atomic E-state index is -0.470. The van der Waals surface area contributed by atoms with E-state index in [9.17, 15) is 9.18 Å². The molecule has 1 N–H and O–H groups in total. The zero-order valence-corrected chi connectivity index (χ0v) is 16.7. The Balaban J connectivity index is 1.43. The van der Waals surface area contributed by atoms with E-state index in [1.54, 1.807) is 18.2 Å². The Morgan fingerprint density at radius 1 is 0.931 bits per heavy atom. The summed E-state index contributed by atoms with van der Waals surface area (Å²) in [7, 11) is 0. The van der Waals surface area contributed by atoms with Gasteiger partial charge in [0.1, 0.15) is 5.82 Å². The summed E-state index contributed by atoms with van der Waals surface area (Å²) in [5.74, 6) is 1.88. The molecule has 4 atom stereocenters. The Labute approximate surface area is 171 Å². The van der Waals surface area contributed by atoms with E-state index in [4.69, 9.17) is 0 Å². The highest BCUT2D eigenvalue weighted by molar-refractivity contribution is 6.04. The summed E-state index contributed by atoms with van der Waals surface area (Å²) in [6.45, 7) is 2.41. The predicted octanol–water partition coefficient (Wildman–Crippen LogP) is 5.68. The molecule has 2 aliphatic heterocycles. The van der Waals surface area contributed by atoms with Crippen molar-refractivity contribution in [1.29, 1.82) is 0 Å². The summed E-state index contributed by atoms with van der Waals surface area (Å²) in [4.78, 5) is 15.4. The molecule has 2 aromatic carbocycles. The fraction of sp³-hybridized carbons (Fsp3) is 0.480. The van der Waals surface area contributed by atoms with Crippen LogP contribution in [0, 0.1) is 17.7 Å². The number of amides is 1. The van der Waals surface area contributed by atoms with Crippen molar-refractivity contribution in [3.63, 3.8) is 0 Å². The quantitative estimate of drug-likeness (QED) is 0.716. The maximum atomic E-state index is 14.1. The lowest BCUT2D eigenvalue weighted by Gasteiger charge is -2.46. The molecule has 29 heavy (non-hydrogen) atoms. The number of anilines is 2. The summed E-state index contributed by atoms with van der Waals surface area (Å²) in [6.07, 6.45) is 7.74. The van der Waals surface area contributed by atoms with E-state index in [0.29, 0.717) is 11.8 Å². The van der Waals surface area contributed by atoms with Crippen molar-refractivity contribution in [3.05, 3.63) is 58.9 Å². The van der Waals surface area contributed by atoms with Gasteiger partial charge in [-0.2, -0.15) is 0 Å². The summed E-state index contributed by atoms with van der Waals surface area (Å²) >= 11 is 0. The molecule has 3 nitrogen and oxygen atoms in total. The van der Waals surface area contributed by atoms with Crippen LogP contribution in [-0.2, 0) is 0 Å². The van der Waals surface area contributed by atoms with Crippen LogP contribution in [0.1, 0.15) is 71.8 Å². The third-order valence-electron chi connectivity index (χ3n) is 7.89. The number of rotatable bonds is 2. The molecule has 2 saturated carbocycles. The van der Waals surface area contributed by atoms with Crippen LogP contribution in [0.5, 0.6) is 0 Å². The van der Waals surface area contributed by atoms with Crippen LogP contribution in [0.2, 0.25) is 0 Å². The van der Waals surface area contributed by atoms with Crippen molar-refractivity contribution in [3.8, 4) is 0 Å². The van der Waals surface area contributed by atoms with E-state index in [-0.39, 0.29) is 11.5 Å². The van der Waals surface area contributed by atoms with Crippen molar-refractivity contribution in [2.24, 2.45) is 11.8 Å². The number of hydrogen-bond acceptors (Lipinski definition) is 2. The van der Waals surface area contributed by atoms with Crippen LogP contribution in [0.25, 0.3) is 0 Å². The number of benzene rings is 2. The lowest BCUT2D eigenvalue weighted by molar-refractivity contribution is 0.102. The topological polar surface area (TPSA) is 32.3 Å². The average molecular weight is 391 g/mol. The molecule has 6 rings (SSSR count). The first kappa shape index (κ1) is 17.5. The molecule has 2 fully saturated rings. The maximum Gasteiger partial charge on any atom is 0.258 e. The number of nitrogens with zero attached hydrogens (tertiary/aromatic N) is 1. The van der Waals surface area contributed by atoms with Gasteiger partial charge < -0.3 is 10.2 Å². The van der Waals surface area contributed by atoms with Crippen molar-refractivity contribution in [1.82, 2.24) is 0 Å². The minimum Gasteiger partial charge on any atom is -0.370 e. The summed E-state index contributed by atoms with van der Waals surface area (Å²) in [6, 6.07) is 10.6. The first-order valence-electron chi connectivity index (χ1n) is 11.2. The highest BCUT2D eigenvalue weighted by Gasteiger charge is 2.44. The van der Waals surface area contributed by atoms with E-state index < -0.39 is 5.82 Å².